The predicted molar refractivity (Wildman–Crippen MR) is 83.9 cm³/mol. The molecular weight excluding hydrogens is 300 g/mol. The van der Waals surface area contributed by atoms with E-state index >= 15 is 0 Å². The Hall–Kier alpha value is -2.70. The zero-order valence-corrected chi connectivity index (χ0v) is 13.5. The molecule has 0 saturated carbocycles. The monoisotopic (exact) mass is 320 g/mol. The molecule has 0 radical (unpaired) electrons. The van der Waals surface area contributed by atoms with E-state index in [9.17, 15) is 19.2 Å². The van der Waals surface area contributed by atoms with Crippen molar-refractivity contribution in [3.05, 3.63) is 29.8 Å². The zero-order chi connectivity index (χ0) is 17.6. The Balaban J connectivity index is 2.58. The zero-order valence-electron chi connectivity index (χ0n) is 13.5. The molecule has 23 heavy (non-hydrogen) atoms. The summed E-state index contributed by atoms with van der Waals surface area (Å²) in [6.45, 7) is 5.63. The van der Waals surface area contributed by atoms with Gasteiger partial charge in [0.1, 0.15) is 6.04 Å². The van der Waals surface area contributed by atoms with E-state index in [4.69, 9.17) is 4.74 Å². The molecule has 0 aliphatic rings. The highest BCUT2D eigenvalue weighted by atomic mass is 16.5. The van der Waals surface area contributed by atoms with Crippen LogP contribution in [0.15, 0.2) is 24.3 Å². The van der Waals surface area contributed by atoms with Gasteiger partial charge in [-0.2, -0.15) is 0 Å². The Morgan fingerprint density at radius 3 is 2.04 bits per heavy atom. The third kappa shape index (κ3) is 5.90. The first-order valence-corrected chi connectivity index (χ1v) is 7.10. The number of Topliss-reactive ketones (excluding diaryl/α,β-unsaturated/α-hetero) is 1. The molecule has 2 unspecified atom stereocenters. The topological polar surface area (TPSA) is 102 Å². The number of amides is 2. The number of benzene rings is 1. The Kier molecular flexibility index (Phi) is 6.44. The van der Waals surface area contributed by atoms with E-state index in [2.05, 4.69) is 10.6 Å². The average molecular weight is 320 g/mol. The van der Waals surface area contributed by atoms with Crippen LogP contribution in [0.5, 0.6) is 0 Å². The maximum atomic E-state index is 12.0. The summed E-state index contributed by atoms with van der Waals surface area (Å²) < 4.78 is 4.99. The molecule has 1 aromatic rings. The summed E-state index contributed by atoms with van der Waals surface area (Å²) in [5, 5.41) is 4.95. The van der Waals surface area contributed by atoms with Crippen molar-refractivity contribution in [3.8, 4) is 0 Å². The molecule has 0 bridgehead atoms. The molecule has 7 heteroatoms. The summed E-state index contributed by atoms with van der Waals surface area (Å²) in [5.41, 5.74) is 1.02. The maximum Gasteiger partial charge on any atom is 0.329 e. The van der Waals surface area contributed by atoms with Gasteiger partial charge in [-0.05, 0) is 45.0 Å². The summed E-state index contributed by atoms with van der Waals surface area (Å²) >= 11 is 0. The number of hydrogen-bond acceptors (Lipinski definition) is 5. The minimum Gasteiger partial charge on any atom is -0.451 e. The number of ketones is 1. The van der Waals surface area contributed by atoms with Gasteiger partial charge < -0.3 is 15.4 Å². The lowest BCUT2D eigenvalue weighted by molar-refractivity contribution is -0.155. The number of nitrogens with one attached hydrogen (secondary N) is 2. The van der Waals surface area contributed by atoms with E-state index in [0.29, 0.717) is 11.3 Å². The molecule has 0 fully saturated rings. The minimum absolute atomic E-state index is 0.0721. The second kappa shape index (κ2) is 8.07. The summed E-state index contributed by atoms with van der Waals surface area (Å²) in [5.74, 6) is -1.65. The molecule has 0 heterocycles. The fourth-order valence-electron chi connectivity index (χ4n) is 1.73. The Bertz CT molecular complexity index is 609. The molecule has 2 N–H and O–H groups in total. The number of rotatable bonds is 6. The normalized spacial score (nSPS) is 12.7. The fraction of sp³-hybridized carbons (Fsp3) is 0.375. The number of carbonyl (C=O) groups is 4. The molecule has 1 aromatic carbocycles. The van der Waals surface area contributed by atoms with E-state index in [1.165, 1.54) is 27.7 Å². The van der Waals surface area contributed by atoms with Gasteiger partial charge >= 0.3 is 5.97 Å². The lowest BCUT2D eigenvalue weighted by Gasteiger charge is -2.17. The van der Waals surface area contributed by atoms with Crippen molar-refractivity contribution >= 4 is 29.3 Å². The molecule has 2 amide bonds. The summed E-state index contributed by atoms with van der Waals surface area (Å²) in [4.78, 5) is 45.7. The van der Waals surface area contributed by atoms with Gasteiger partial charge in [-0.3, -0.25) is 14.4 Å². The van der Waals surface area contributed by atoms with Crippen molar-refractivity contribution in [2.24, 2.45) is 0 Å². The lowest BCUT2D eigenvalue weighted by atomic mass is 10.1. The van der Waals surface area contributed by atoms with E-state index in [1.54, 1.807) is 24.3 Å². The Morgan fingerprint density at radius 1 is 1.00 bits per heavy atom. The third-order valence-electron chi connectivity index (χ3n) is 2.99. The van der Waals surface area contributed by atoms with Crippen LogP contribution in [0.3, 0.4) is 0 Å². The molecule has 2 atom stereocenters. The van der Waals surface area contributed by atoms with Gasteiger partial charge in [-0.1, -0.05) is 0 Å². The fourth-order valence-corrected chi connectivity index (χ4v) is 1.73. The smallest absolute Gasteiger partial charge is 0.329 e. The van der Waals surface area contributed by atoms with Crippen LogP contribution >= 0.6 is 0 Å². The molecule has 7 nitrogen and oxygen atoms in total. The van der Waals surface area contributed by atoms with Crippen molar-refractivity contribution < 1.29 is 23.9 Å². The quantitative estimate of drug-likeness (QED) is 0.607. The Morgan fingerprint density at radius 2 is 1.57 bits per heavy atom. The van der Waals surface area contributed by atoms with E-state index < -0.39 is 24.0 Å². The number of hydrogen-bond donors (Lipinski definition) is 2. The highest BCUT2D eigenvalue weighted by molar-refractivity contribution is 5.97. The standard InChI is InChI=1S/C16H20N2O5/c1-9(17-12(4)20)16(22)23-11(3)15(21)18-14-7-5-13(6-8-14)10(2)19/h5-9,11H,1-4H3,(H,17,20)(H,18,21). The molecule has 0 aromatic heterocycles. The summed E-state index contributed by atoms with van der Waals surface area (Å²) in [6, 6.07) is 5.52. The first-order chi connectivity index (χ1) is 10.7. The van der Waals surface area contributed by atoms with Crippen LogP contribution in [0.25, 0.3) is 0 Å². The average Bonchev–Trinajstić information content (AvgIpc) is 2.46. The van der Waals surface area contributed by atoms with Crippen molar-refractivity contribution in [1.29, 1.82) is 0 Å². The van der Waals surface area contributed by atoms with Gasteiger partial charge in [0.25, 0.3) is 5.91 Å². The molecule has 1 rings (SSSR count). The number of esters is 1. The van der Waals surface area contributed by atoms with Crippen LogP contribution in [-0.4, -0.2) is 35.7 Å². The summed E-state index contributed by atoms with van der Waals surface area (Å²) in [6.07, 6.45) is -1.02. The SMILES string of the molecule is CC(=O)NC(C)C(=O)OC(C)C(=O)Nc1ccc(C(C)=O)cc1. The van der Waals surface area contributed by atoms with E-state index in [1.807, 2.05) is 0 Å². The molecule has 0 aliphatic carbocycles. The van der Waals surface area contributed by atoms with Crippen LogP contribution < -0.4 is 10.6 Å². The third-order valence-corrected chi connectivity index (χ3v) is 2.99. The van der Waals surface area contributed by atoms with Crippen LogP contribution in [-0.2, 0) is 19.1 Å². The maximum absolute atomic E-state index is 12.0. The molecular formula is C16H20N2O5. The van der Waals surface area contributed by atoms with Gasteiger partial charge in [0.15, 0.2) is 11.9 Å². The van der Waals surface area contributed by atoms with Crippen molar-refractivity contribution in [2.45, 2.75) is 39.8 Å². The largest absolute Gasteiger partial charge is 0.451 e. The molecule has 124 valence electrons. The van der Waals surface area contributed by atoms with Crippen LogP contribution in [0, 0.1) is 0 Å². The summed E-state index contributed by atoms with van der Waals surface area (Å²) in [7, 11) is 0. The number of anilines is 1. The van der Waals surface area contributed by atoms with Crippen molar-refractivity contribution in [2.75, 3.05) is 5.32 Å². The van der Waals surface area contributed by atoms with Crippen molar-refractivity contribution in [1.82, 2.24) is 5.32 Å². The predicted octanol–water partition coefficient (Wildman–Crippen LogP) is 1.28. The van der Waals surface area contributed by atoms with Crippen LogP contribution in [0.2, 0.25) is 0 Å². The van der Waals surface area contributed by atoms with E-state index in [0.717, 1.165) is 0 Å². The first-order valence-electron chi connectivity index (χ1n) is 7.10. The van der Waals surface area contributed by atoms with Gasteiger partial charge in [0.2, 0.25) is 5.91 Å². The van der Waals surface area contributed by atoms with Crippen molar-refractivity contribution in [3.63, 3.8) is 0 Å². The van der Waals surface area contributed by atoms with Crippen LogP contribution in [0.4, 0.5) is 5.69 Å². The van der Waals surface area contributed by atoms with Gasteiger partial charge in [0, 0.05) is 18.2 Å². The second-order valence-electron chi connectivity index (χ2n) is 5.12. The highest BCUT2D eigenvalue weighted by Crippen LogP contribution is 2.11. The molecule has 0 spiro atoms. The first kappa shape index (κ1) is 18.3. The molecule has 0 saturated heterocycles. The van der Waals surface area contributed by atoms with Gasteiger partial charge in [-0.15, -0.1) is 0 Å². The van der Waals surface area contributed by atoms with Gasteiger partial charge in [0.05, 0.1) is 0 Å². The minimum atomic E-state index is -1.02. The van der Waals surface area contributed by atoms with Gasteiger partial charge in [-0.25, -0.2) is 4.79 Å². The Labute approximate surface area is 134 Å². The number of ether oxygens (including phenoxy) is 1. The van der Waals surface area contributed by atoms with E-state index in [-0.39, 0.29) is 11.7 Å². The highest BCUT2D eigenvalue weighted by Gasteiger charge is 2.22. The second-order valence-corrected chi connectivity index (χ2v) is 5.12. The van der Waals surface area contributed by atoms with Crippen LogP contribution in [0.1, 0.15) is 38.1 Å². The number of carbonyl (C=O) groups excluding carboxylic acids is 4. The lowest BCUT2D eigenvalue weighted by Crippen LogP contribution is -2.41. The molecule has 0 aliphatic heterocycles.